The summed E-state index contributed by atoms with van der Waals surface area (Å²) in [6.07, 6.45) is 74.2. The number of esters is 1. The Bertz CT molecular complexity index is 1060. The minimum atomic E-state index is -0.840. The lowest BCUT2D eigenvalue weighted by atomic mass is 10.0. The number of aliphatic hydroxyl groups excluding tert-OH is 2. The molecule has 0 aliphatic carbocycles. The van der Waals surface area contributed by atoms with E-state index in [-0.39, 0.29) is 18.5 Å². The van der Waals surface area contributed by atoms with Crippen LogP contribution in [-0.2, 0) is 14.3 Å². The highest BCUT2D eigenvalue weighted by molar-refractivity contribution is 5.76. The lowest BCUT2D eigenvalue weighted by Crippen LogP contribution is -2.45. The van der Waals surface area contributed by atoms with Gasteiger partial charge in [-0.25, -0.2) is 0 Å². The predicted molar refractivity (Wildman–Crippen MR) is 310 cm³/mol. The zero-order chi connectivity index (χ0) is 51.4. The largest absolute Gasteiger partial charge is 0.466 e. The van der Waals surface area contributed by atoms with Crippen molar-refractivity contribution in [2.24, 2.45) is 0 Å². The van der Waals surface area contributed by atoms with Crippen molar-refractivity contribution in [2.45, 2.75) is 379 Å². The molecule has 6 nitrogen and oxygen atoms in total. The Morgan fingerprint density at radius 2 is 0.648 bits per heavy atom. The van der Waals surface area contributed by atoms with Gasteiger partial charge >= 0.3 is 5.97 Å². The van der Waals surface area contributed by atoms with E-state index in [1.165, 1.54) is 302 Å². The molecule has 422 valence electrons. The third-order valence-corrected chi connectivity index (χ3v) is 15.3. The van der Waals surface area contributed by atoms with Crippen LogP contribution in [0.5, 0.6) is 0 Å². The van der Waals surface area contributed by atoms with Crippen LogP contribution in [0.3, 0.4) is 0 Å². The summed E-state index contributed by atoms with van der Waals surface area (Å²) in [5.41, 5.74) is 0. The van der Waals surface area contributed by atoms with E-state index in [1.807, 2.05) is 6.08 Å². The van der Waals surface area contributed by atoms with Crippen LogP contribution >= 0.6 is 0 Å². The summed E-state index contributed by atoms with van der Waals surface area (Å²) in [4.78, 5) is 24.5. The van der Waals surface area contributed by atoms with Crippen LogP contribution in [0.25, 0.3) is 0 Å². The molecule has 0 radical (unpaired) electrons. The number of rotatable bonds is 61. The van der Waals surface area contributed by atoms with Crippen molar-refractivity contribution in [3.63, 3.8) is 0 Å². The standard InChI is InChI=1S/C65H127NO5/c1-3-5-7-9-11-13-15-16-31-35-39-43-47-51-55-59-65(70)71-60-56-52-48-44-40-36-33-30-28-26-24-22-20-18-17-19-21-23-25-27-29-32-34-38-42-46-50-54-58-64(69)66-62(61-67)63(68)57-53-49-45-41-37-14-12-10-8-6-4-2/h53,57,62-63,67-68H,3-52,54-56,58-61H2,1-2H3,(H,66,69)/b57-53+. The molecule has 2 unspecified atom stereocenters. The second-order valence-corrected chi connectivity index (χ2v) is 22.5. The minimum Gasteiger partial charge on any atom is -0.466 e. The Kier molecular flexibility index (Phi) is 59.9. The number of amides is 1. The van der Waals surface area contributed by atoms with E-state index in [0.29, 0.717) is 19.4 Å². The van der Waals surface area contributed by atoms with Crippen molar-refractivity contribution in [3.8, 4) is 0 Å². The van der Waals surface area contributed by atoms with E-state index < -0.39 is 12.1 Å². The number of nitrogens with one attached hydrogen (secondary N) is 1. The lowest BCUT2D eigenvalue weighted by molar-refractivity contribution is -0.143. The molecular weight excluding hydrogens is 875 g/mol. The van der Waals surface area contributed by atoms with Crippen LogP contribution in [0.1, 0.15) is 367 Å². The van der Waals surface area contributed by atoms with Crippen molar-refractivity contribution in [2.75, 3.05) is 13.2 Å². The quantitative estimate of drug-likeness (QED) is 0.0320. The molecule has 1 amide bonds. The average Bonchev–Trinajstić information content (AvgIpc) is 3.37. The summed E-state index contributed by atoms with van der Waals surface area (Å²) in [5.74, 6) is -0.0425. The molecular formula is C65H127NO5. The maximum Gasteiger partial charge on any atom is 0.305 e. The van der Waals surface area contributed by atoms with Crippen molar-refractivity contribution in [3.05, 3.63) is 12.2 Å². The van der Waals surface area contributed by atoms with Crippen LogP contribution in [0.4, 0.5) is 0 Å². The van der Waals surface area contributed by atoms with Gasteiger partial charge in [0.1, 0.15) is 0 Å². The van der Waals surface area contributed by atoms with Crippen molar-refractivity contribution in [1.82, 2.24) is 5.32 Å². The number of aliphatic hydroxyl groups is 2. The van der Waals surface area contributed by atoms with Gasteiger partial charge in [-0.15, -0.1) is 0 Å². The number of ether oxygens (including phenoxy) is 1. The van der Waals surface area contributed by atoms with Gasteiger partial charge in [-0.3, -0.25) is 9.59 Å². The van der Waals surface area contributed by atoms with Crippen LogP contribution in [0.2, 0.25) is 0 Å². The fourth-order valence-corrected chi connectivity index (χ4v) is 10.3. The number of unbranched alkanes of at least 4 members (excludes halogenated alkanes) is 50. The second kappa shape index (κ2) is 61.1. The van der Waals surface area contributed by atoms with Crippen LogP contribution < -0.4 is 5.32 Å². The normalized spacial score (nSPS) is 12.6. The summed E-state index contributed by atoms with van der Waals surface area (Å²) >= 11 is 0. The topological polar surface area (TPSA) is 95.9 Å². The van der Waals surface area contributed by atoms with Gasteiger partial charge in [-0.05, 0) is 32.1 Å². The molecule has 3 N–H and O–H groups in total. The molecule has 0 bridgehead atoms. The SMILES string of the molecule is CCCCCCCCCCC/C=C/C(O)C(CO)NC(=O)CCCCCCCCCCCCCCCCCCCCCCCCCCCCCCOC(=O)CCCCCCCCCCCCCCCCC. The Morgan fingerprint density at radius 3 is 0.958 bits per heavy atom. The van der Waals surface area contributed by atoms with Crippen LogP contribution in [0.15, 0.2) is 12.2 Å². The summed E-state index contributed by atoms with van der Waals surface area (Å²) in [6.45, 7) is 4.92. The minimum absolute atomic E-state index is 0.0219. The van der Waals surface area contributed by atoms with Crippen LogP contribution in [0, 0.1) is 0 Å². The molecule has 0 fully saturated rings. The molecule has 0 aromatic carbocycles. The van der Waals surface area contributed by atoms with E-state index in [1.54, 1.807) is 6.08 Å². The Hall–Kier alpha value is -1.40. The molecule has 0 saturated heterocycles. The number of allylic oxidation sites excluding steroid dienone is 1. The van der Waals surface area contributed by atoms with E-state index in [9.17, 15) is 19.8 Å². The van der Waals surface area contributed by atoms with Gasteiger partial charge in [0.2, 0.25) is 5.91 Å². The highest BCUT2D eigenvalue weighted by Gasteiger charge is 2.18. The lowest BCUT2D eigenvalue weighted by Gasteiger charge is -2.20. The highest BCUT2D eigenvalue weighted by Crippen LogP contribution is 2.18. The number of hydrogen-bond donors (Lipinski definition) is 3. The highest BCUT2D eigenvalue weighted by atomic mass is 16.5. The van der Waals surface area contributed by atoms with E-state index in [0.717, 1.165) is 38.5 Å². The van der Waals surface area contributed by atoms with E-state index >= 15 is 0 Å². The van der Waals surface area contributed by atoms with E-state index in [4.69, 9.17) is 4.74 Å². The fraction of sp³-hybridized carbons (Fsp3) is 0.938. The number of carbonyl (C=O) groups excluding carboxylic acids is 2. The molecule has 0 spiro atoms. The summed E-state index contributed by atoms with van der Waals surface area (Å²) in [6, 6.07) is -0.623. The molecule has 0 aliphatic heterocycles. The van der Waals surface area contributed by atoms with Gasteiger partial charge in [0.05, 0.1) is 25.4 Å². The molecule has 2 atom stereocenters. The molecule has 0 aromatic rings. The first-order valence-electron chi connectivity index (χ1n) is 32.5. The third kappa shape index (κ3) is 57.7. The van der Waals surface area contributed by atoms with Crippen molar-refractivity contribution >= 4 is 11.9 Å². The second-order valence-electron chi connectivity index (χ2n) is 22.5. The first-order chi connectivity index (χ1) is 35.0. The first kappa shape index (κ1) is 69.6. The fourth-order valence-electron chi connectivity index (χ4n) is 10.3. The zero-order valence-corrected chi connectivity index (χ0v) is 48.2. The van der Waals surface area contributed by atoms with Gasteiger partial charge in [-0.2, -0.15) is 0 Å². The molecule has 6 heteroatoms. The van der Waals surface area contributed by atoms with Crippen LogP contribution in [-0.4, -0.2) is 47.4 Å². The van der Waals surface area contributed by atoms with Gasteiger partial charge in [0.25, 0.3) is 0 Å². The summed E-state index contributed by atoms with van der Waals surface area (Å²) in [5, 5.41) is 23.0. The molecule has 0 heterocycles. The van der Waals surface area contributed by atoms with E-state index in [2.05, 4.69) is 19.2 Å². The predicted octanol–water partition coefficient (Wildman–Crippen LogP) is 20.4. The average molecular weight is 1000 g/mol. The smallest absolute Gasteiger partial charge is 0.305 e. The Morgan fingerprint density at radius 1 is 0.380 bits per heavy atom. The molecule has 71 heavy (non-hydrogen) atoms. The number of carbonyl (C=O) groups is 2. The third-order valence-electron chi connectivity index (χ3n) is 15.3. The maximum absolute atomic E-state index is 12.4. The zero-order valence-electron chi connectivity index (χ0n) is 48.2. The Balaban J connectivity index is 3.32. The number of hydrogen-bond acceptors (Lipinski definition) is 5. The van der Waals surface area contributed by atoms with Crippen molar-refractivity contribution in [1.29, 1.82) is 0 Å². The molecule has 0 aromatic heterocycles. The first-order valence-corrected chi connectivity index (χ1v) is 32.5. The van der Waals surface area contributed by atoms with Gasteiger partial charge in [0, 0.05) is 12.8 Å². The Labute approximate surface area is 444 Å². The monoisotopic (exact) mass is 1000 g/mol. The molecule has 0 saturated carbocycles. The molecule has 0 aliphatic rings. The molecule has 0 rings (SSSR count). The summed E-state index contributed by atoms with van der Waals surface area (Å²) in [7, 11) is 0. The van der Waals surface area contributed by atoms with Crippen molar-refractivity contribution < 1.29 is 24.5 Å². The van der Waals surface area contributed by atoms with Gasteiger partial charge in [0.15, 0.2) is 0 Å². The van der Waals surface area contributed by atoms with Gasteiger partial charge in [-0.1, -0.05) is 334 Å². The van der Waals surface area contributed by atoms with Gasteiger partial charge < -0.3 is 20.3 Å². The summed E-state index contributed by atoms with van der Waals surface area (Å²) < 4.78 is 5.50. The maximum atomic E-state index is 12.4.